The van der Waals surface area contributed by atoms with E-state index in [4.69, 9.17) is 4.74 Å². The first kappa shape index (κ1) is 14.4. The molecule has 0 saturated heterocycles. The Morgan fingerprint density at radius 1 is 1.29 bits per heavy atom. The maximum absolute atomic E-state index is 12.6. The molecule has 2 aromatic rings. The van der Waals surface area contributed by atoms with E-state index >= 15 is 0 Å². The lowest BCUT2D eigenvalue weighted by atomic mass is 9.74. The maximum Gasteiger partial charge on any atom is 0.319 e. The number of ether oxygens (including phenoxy) is 1. The second-order valence-corrected chi connectivity index (χ2v) is 6.39. The van der Waals surface area contributed by atoms with Gasteiger partial charge in [-0.05, 0) is 19.8 Å². The van der Waals surface area contributed by atoms with Gasteiger partial charge in [-0.1, -0.05) is 37.5 Å². The molecular formula is C14H20N4O2S. The predicted octanol–water partition coefficient (Wildman–Crippen LogP) is 2.51. The molecule has 0 unspecified atom stereocenters. The van der Waals surface area contributed by atoms with Crippen LogP contribution in [-0.4, -0.2) is 32.4 Å². The van der Waals surface area contributed by atoms with E-state index < -0.39 is 5.41 Å². The molecule has 0 bridgehead atoms. The van der Waals surface area contributed by atoms with Crippen LogP contribution in [0.15, 0.2) is 0 Å². The molecule has 0 aromatic carbocycles. The number of hydrogen-bond donors (Lipinski definition) is 0. The van der Waals surface area contributed by atoms with Crippen LogP contribution in [0.4, 0.5) is 0 Å². The van der Waals surface area contributed by atoms with Gasteiger partial charge in [0.1, 0.15) is 10.4 Å². The number of aromatic nitrogens is 4. The molecule has 2 heterocycles. The van der Waals surface area contributed by atoms with Crippen LogP contribution in [-0.2, 0) is 21.4 Å². The molecule has 0 N–H and O–H groups in total. The molecule has 1 saturated carbocycles. The first-order valence-corrected chi connectivity index (χ1v) is 8.41. The van der Waals surface area contributed by atoms with Crippen molar-refractivity contribution in [3.8, 4) is 0 Å². The van der Waals surface area contributed by atoms with Crippen molar-refractivity contribution < 1.29 is 9.53 Å². The lowest BCUT2D eigenvalue weighted by Crippen LogP contribution is -2.39. The Labute approximate surface area is 127 Å². The molecule has 3 rings (SSSR count). The Bertz CT molecular complexity index is 642. The summed E-state index contributed by atoms with van der Waals surface area (Å²) in [6.07, 6.45) is 5.66. The number of esters is 1. The molecule has 114 valence electrons. The lowest BCUT2D eigenvalue weighted by molar-refractivity contribution is -0.151. The minimum Gasteiger partial charge on any atom is -0.465 e. The highest BCUT2D eigenvalue weighted by Gasteiger charge is 2.45. The van der Waals surface area contributed by atoms with E-state index in [1.165, 1.54) is 17.8 Å². The zero-order chi connectivity index (χ0) is 14.9. The Kier molecular flexibility index (Phi) is 3.93. The third kappa shape index (κ3) is 2.33. The fourth-order valence-electron chi connectivity index (χ4n) is 3.00. The molecule has 0 atom stereocenters. The van der Waals surface area contributed by atoms with Gasteiger partial charge in [-0.25, -0.2) is 0 Å². The molecule has 21 heavy (non-hydrogen) atoms. The van der Waals surface area contributed by atoms with Crippen LogP contribution in [0, 0.1) is 0 Å². The van der Waals surface area contributed by atoms with Crippen molar-refractivity contribution >= 4 is 22.3 Å². The topological polar surface area (TPSA) is 69.4 Å². The number of carbonyl (C=O) groups is 1. The minimum atomic E-state index is -0.579. The minimum absolute atomic E-state index is 0.132. The summed E-state index contributed by atoms with van der Waals surface area (Å²) in [5.41, 5.74) is -0.579. The highest BCUT2D eigenvalue weighted by molar-refractivity contribution is 7.16. The largest absolute Gasteiger partial charge is 0.465 e. The highest BCUT2D eigenvalue weighted by atomic mass is 32.1. The number of nitrogens with zero attached hydrogens (tertiary/aromatic N) is 4. The normalized spacial score (nSPS) is 18.0. The summed E-state index contributed by atoms with van der Waals surface area (Å²) in [6.45, 7) is 4.28. The van der Waals surface area contributed by atoms with Gasteiger partial charge in [0.2, 0.25) is 4.96 Å². The highest BCUT2D eigenvalue weighted by Crippen LogP contribution is 2.42. The quantitative estimate of drug-likeness (QED) is 0.812. The van der Waals surface area contributed by atoms with E-state index in [-0.39, 0.29) is 5.97 Å². The Morgan fingerprint density at radius 2 is 2.05 bits per heavy atom. The van der Waals surface area contributed by atoms with E-state index in [9.17, 15) is 4.79 Å². The molecule has 2 aromatic heterocycles. The van der Waals surface area contributed by atoms with Crippen LogP contribution in [0.1, 0.15) is 56.8 Å². The van der Waals surface area contributed by atoms with Gasteiger partial charge in [-0.3, -0.25) is 4.79 Å². The van der Waals surface area contributed by atoms with Crippen LogP contribution in [0.3, 0.4) is 0 Å². The third-order valence-corrected chi connectivity index (χ3v) is 5.26. The molecule has 0 radical (unpaired) electrons. The zero-order valence-electron chi connectivity index (χ0n) is 12.5. The van der Waals surface area contributed by atoms with Crippen molar-refractivity contribution in [1.82, 2.24) is 19.8 Å². The Balaban J connectivity index is 2.05. The van der Waals surface area contributed by atoms with Gasteiger partial charge in [0.05, 0.1) is 6.61 Å². The average molecular weight is 308 g/mol. The van der Waals surface area contributed by atoms with E-state index in [0.29, 0.717) is 6.61 Å². The van der Waals surface area contributed by atoms with Gasteiger partial charge in [-0.15, -0.1) is 10.2 Å². The number of rotatable bonds is 4. The Hall–Kier alpha value is -1.50. The maximum atomic E-state index is 12.6. The first-order chi connectivity index (χ1) is 10.2. The summed E-state index contributed by atoms with van der Waals surface area (Å²) in [6, 6.07) is 0. The smallest absolute Gasteiger partial charge is 0.319 e. The van der Waals surface area contributed by atoms with E-state index in [0.717, 1.165) is 47.9 Å². The van der Waals surface area contributed by atoms with Crippen LogP contribution < -0.4 is 0 Å². The van der Waals surface area contributed by atoms with Crippen LogP contribution in [0.2, 0.25) is 0 Å². The van der Waals surface area contributed by atoms with E-state index in [1.54, 1.807) is 4.52 Å². The first-order valence-electron chi connectivity index (χ1n) is 7.60. The standard InChI is InChI=1S/C14H20N4O2S/c1-3-10-15-16-13-18(10)17-11(21-13)14(12(19)20-4-2)8-6-5-7-9-14/h3-9H2,1-2H3. The molecule has 0 amide bonds. The van der Waals surface area contributed by atoms with Gasteiger partial charge in [0.15, 0.2) is 5.82 Å². The molecule has 0 spiro atoms. The van der Waals surface area contributed by atoms with Crippen molar-refractivity contribution in [1.29, 1.82) is 0 Å². The summed E-state index contributed by atoms with van der Waals surface area (Å²) in [5, 5.41) is 13.8. The SMILES string of the molecule is CCOC(=O)C1(c2nn3c(CC)nnc3s2)CCCCC1. The van der Waals surface area contributed by atoms with Gasteiger partial charge >= 0.3 is 5.97 Å². The van der Waals surface area contributed by atoms with E-state index in [2.05, 4.69) is 15.3 Å². The summed E-state index contributed by atoms with van der Waals surface area (Å²) in [4.78, 5) is 13.3. The summed E-state index contributed by atoms with van der Waals surface area (Å²) in [5.74, 6) is 0.704. The summed E-state index contributed by atoms with van der Waals surface area (Å²) in [7, 11) is 0. The van der Waals surface area contributed by atoms with Crippen LogP contribution in [0.25, 0.3) is 4.96 Å². The van der Waals surface area contributed by atoms with Gasteiger partial charge in [-0.2, -0.15) is 9.61 Å². The molecule has 0 aliphatic heterocycles. The molecular weight excluding hydrogens is 288 g/mol. The Morgan fingerprint density at radius 3 is 2.71 bits per heavy atom. The van der Waals surface area contributed by atoms with Crippen LogP contribution in [0.5, 0.6) is 0 Å². The molecule has 6 nitrogen and oxygen atoms in total. The zero-order valence-corrected chi connectivity index (χ0v) is 13.3. The number of fused-ring (bicyclic) bond motifs is 1. The number of carbonyl (C=O) groups excluding carboxylic acids is 1. The third-order valence-electron chi connectivity index (χ3n) is 4.15. The molecule has 7 heteroatoms. The number of hydrogen-bond acceptors (Lipinski definition) is 6. The molecule has 1 fully saturated rings. The van der Waals surface area contributed by atoms with Crippen molar-refractivity contribution in [2.24, 2.45) is 0 Å². The predicted molar refractivity (Wildman–Crippen MR) is 79.4 cm³/mol. The van der Waals surface area contributed by atoms with Crippen molar-refractivity contribution in [2.45, 2.75) is 57.8 Å². The van der Waals surface area contributed by atoms with Crippen LogP contribution >= 0.6 is 11.3 Å². The average Bonchev–Trinajstić information content (AvgIpc) is 3.08. The molecule has 1 aliphatic rings. The number of aryl methyl sites for hydroxylation is 1. The molecule has 1 aliphatic carbocycles. The van der Waals surface area contributed by atoms with Gasteiger partial charge in [0.25, 0.3) is 0 Å². The van der Waals surface area contributed by atoms with Crippen molar-refractivity contribution in [2.75, 3.05) is 6.61 Å². The van der Waals surface area contributed by atoms with Gasteiger partial charge in [0, 0.05) is 6.42 Å². The second kappa shape index (κ2) is 5.71. The fourth-order valence-corrected chi connectivity index (χ4v) is 4.09. The fraction of sp³-hybridized carbons (Fsp3) is 0.714. The monoisotopic (exact) mass is 308 g/mol. The lowest BCUT2D eigenvalue weighted by Gasteiger charge is -2.32. The van der Waals surface area contributed by atoms with Gasteiger partial charge < -0.3 is 4.74 Å². The van der Waals surface area contributed by atoms with E-state index in [1.807, 2.05) is 13.8 Å². The second-order valence-electron chi connectivity index (χ2n) is 5.43. The summed E-state index contributed by atoms with van der Waals surface area (Å²) >= 11 is 1.47. The summed E-state index contributed by atoms with van der Waals surface area (Å²) < 4.78 is 7.12. The van der Waals surface area contributed by atoms with Crippen molar-refractivity contribution in [3.63, 3.8) is 0 Å². The van der Waals surface area contributed by atoms with Crippen molar-refractivity contribution in [3.05, 3.63) is 10.8 Å².